The van der Waals surface area contributed by atoms with Gasteiger partial charge >= 0.3 is 6.03 Å². The van der Waals surface area contributed by atoms with E-state index in [1.807, 2.05) is 25.7 Å². The first-order valence-electron chi connectivity index (χ1n) is 8.16. The fraction of sp³-hybridized carbons (Fsp3) is 0.556. The number of hydrogen-bond donors (Lipinski definition) is 1. The first-order chi connectivity index (χ1) is 11.1. The van der Waals surface area contributed by atoms with Crippen LogP contribution in [0.5, 0.6) is 0 Å². The molecule has 6 heteroatoms. The van der Waals surface area contributed by atoms with E-state index in [1.165, 1.54) is 12.1 Å². The molecule has 1 aliphatic rings. The summed E-state index contributed by atoms with van der Waals surface area (Å²) in [5, 5.41) is 2.76. The van der Waals surface area contributed by atoms with Crippen molar-refractivity contribution >= 4 is 17.6 Å². The molecule has 3 amide bonds. The quantitative estimate of drug-likeness (QED) is 0.922. The molecular formula is C18H26FN3O2. The molecule has 1 saturated heterocycles. The van der Waals surface area contributed by atoms with Crippen molar-refractivity contribution in [1.82, 2.24) is 9.80 Å². The Hall–Kier alpha value is -2.11. The number of hydrogen-bond acceptors (Lipinski definition) is 2. The lowest BCUT2D eigenvalue weighted by atomic mass is 10.1. The molecule has 24 heavy (non-hydrogen) atoms. The van der Waals surface area contributed by atoms with Gasteiger partial charge in [0.15, 0.2) is 0 Å². The summed E-state index contributed by atoms with van der Waals surface area (Å²) in [6.07, 6.45) is 0.463. The average molecular weight is 335 g/mol. The third kappa shape index (κ3) is 4.24. The number of urea groups is 1. The number of carbonyl (C=O) groups excluding carboxylic acids is 2. The van der Waals surface area contributed by atoms with Crippen LogP contribution in [0.2, 0.25) is 0 Å². The molecule has 0 aromatic heterocycles. The van der Waals surface area contributed by atoms with Crippen molar-refractivity contribution in [3.63, 3.8) is 0 Å². The third-order valence-electron chi connectivity index (χ3n) is 4.30. The molecule has 0 radical (unpaired) electrons. The Kier molecular flexibility index (Phi) is 5.16. The molecule has 1 atom stereocenters. The van der Waals surface area contributed by atoms with E-state index in [-0.39, 0.29) is 29.2 Å². The van der Waals surface area contributed by atoms with Crippen molar-refractivity contribution < 1.29 is 14.0 Å². The second-order valence-corrected chi connectivity index (χ2v) is 7.52. The minimum Gasteiger partial charge on any atom is -0.337 e. The number of carbonyl (C=O) groups is 2. The summed E-state index contributed by atoms with van der Waals surface area (Å²) in [5.74, 6) is -0.0361. The normalized spacial score (nSPS) is 18.0. The molecular weight excluding hydrogens is 309 g/mol. The highest BCUT2D eigenvalue weighted by molar-refractivity contribution is 5.89. The minimum absolute atomic E-state index is 0.127. The molecule has 1 N–H and O–H groups in total. The number of amides is 3. The van der Waals surface area contributed by atoms with E-state index in [2.05, 4.69) is 5.32 Å². The first kappa shape index (κ1) is 18.2. The van der Waals surface area contributed by atoms with Crippen molar-refractivity contribution in [2.45, 2.75) is 39.7 Å². The number of halogens is 1. The zero-order chi connectivity index (χ0) is 18.1. The summed E-state index contributed by atoms with van der Waals surface area (Å²) in [4.78, 5) is 27.8. The number of likely N-dealkylation sites (tertiary alicyclic amines) is 1. The number of nitrogens with one attached hydrogen (secondary N) is 1. The van der Waals surface area contributed by atoms with Crippen molar-refractivity contribution in [2.75, 3.05) is 25.5 Å². The third-order valence-corrected chi connectivity index (χ3v) is 4.30. The fourth-order valence-corrected chi connectivity index (χ4v) is 2.96. The highest BCUT2D eigenvalue weighted by Gasteiger charge is 2.36. The summed E-state index contributed by atoms with van der Waals surface area (Å²) in [7, 11) is 1.70. The van der Waals surface area contributed by atoms with Crippen LogP contribution in [0.15, 0.2) is 18.2 Å². The number of rotatable bonds is 3. The van der Waals surface area contributed by atoms with Gasteiger partial charge in [0.25, 0.3) is 0 Å². The van der Waals surface area contributed by atoms with Gasteiger partial charge in [0.05, 0.1) is 0 Å². The van der Waals surface area contributed by atoms with Crippen LogP contribution in [0.4, 0.5) is 14.9 Å². The van der Waals surface area contributed by atoms with Gasteiger partial charge in [-0.2, -0.15) is 0 Å². The Morgan fingerprint density at radius 2 is 2.08 bits per heavy atom. The highest BCUT2D eigenvalue weighted by atomic mass is 19.1. The van der Waals surface area contributed by atoms with Crippen LogP contribution in [0.3, 0.4) is 0 Å². The standard InChI is InChI=1S/C18H26FN3O2/c1-12-8-14(6-7-15(12)19)20-17(24)21(5)10-13-9-16(23)22(11-13)18(2,3)4/h6-8,13H,9-11H2,1-5H3,(H,20,24)/t13-/m0/s1. The van der Waals surface area contributed by atoms with E-state index in [0.717, 1.165) is 0 Å². The molecule has 0 spiro atoms. The van der Waals surface area contributed by atoms with E-state index in [9.17, 15) is 14.0 Å². The number of benzene rings is 1. The Morgan fingerprint density at radius 3 is 2.62 bits per heavy atom. The predicted octanol–water partition coefficient (Wildman–Crippen LogP) is 3.24. The van der Waals surface area contributed by atoms with Gasteiger partial charge in [-0.1, -0.05) is 0 Å². The summed E-state index contributed by atoms with van der Waals surface area (Å²) < 4.78 is 13.3. The molecule has 1 aliphatic heterocycles. The molecule has 0 aliphatic carbocycles. The maximum atomic E-state index is 13.3. The van der Waals surface area contributed by atoms with E-state index < -0.39 is 0 Å². The zero-order valence-corrected chi connectivity index (χ0v) is 15.0. The van der Waals surface area contributed by atoms with E-state index >= 15 is 0 Å². The topological polar surface area (TPSA) is 52.7 Å². The average Bonchev–Trinajstić information content (AvgIpc) is 2.83. The van der Waals surface area contributed by atoms with Crippen LogP contribution < -0.4 is 5.32 Å². The van der Waals surface area contributed by atoms with Gasteiger partial charge in [-0.05, 0) is 51.5 Å². The van der Waals surface area contributed by atoms with Gasteiger partial charge in [0.1, 0.15) is 5.82 Å². The number of nitrogens with zero attached hydrogens (tertiary/aromatic N) is 2. The van der Waals surface area contributed by atoms with Crippen LogP contribution in [-0.2, 0) is 4.79 Å². The lowest BCUT2D eigenvalue weighted by molar-refractivity contribution is -0.131. The summed E-state index contributed by atoms with van der Waals surface area (Å²) >= 11 is 0. The van der Waals surface area contributed by atoms with E-state index in [4.69, 9.17) is 0 Å². The lowest BCUT2D eigenvalue weighted by Crippen LogP contribution is -2.43. The van der Waals surface area contributed by atoms with Crippen LogP contribution in [-0.4, -0.2) is 47.4 Å². The van der Waals surface area contributed by atoms with E-state index in [1.54, 1.807) is 24.9 Å². The highest BCUT2D eigenvalue weighted by Crippen LogP contribution is 2.26. The zero-order valence-electron chi connectivity index (χ0n) is 15.0. The Bertz CT molecular complexity index is 640. The van der Waals surface area contributed by atoms with Gasteiger partial charge in [-0.3, -0.25) is 4.79 Å². The molecule has 1 aromatic rings. The van der Waals surface area contributed by atoms with E-state index in [0.29, 0.717) is 30.8 Å². The molecule has 1 aromatic carbocycles. The Labute approximate surface area is 142 Å². The molecule has 0 unspecified atom stereocenters. The van der Waals surface area contributed by atoms with Gasteiger partial charge in [0.2, 0.25) is 5.91 Å². The van der Waals surface area contributed by atoms with Crippen molar-refractivity contribution in [1.29, 1.82) is 0 Å². The minimum atomic E-state index is -0.298. The molecule has 132 valence electrons. The van der Waals surface area contributed by atoms with Crippen LogP contribution in [0.1, 0.15) is 32.8 Å². The fourth-order valence-electron chi connectivity index (χ4n) is 2.96. The summed E-state index contributed by atoms with van der Waals surface area (Å²) in [6, 6.07) is 4.21. The maximum absolute atomic E-state index is 13.3. The second kappa shape index (κ2) is 6.79. The second-order valence-electron chi connectivity index (χ2n) is 7.52. The SMILES string of the molecule is Cc1cc(NC(=O)N(C)C[C@@H]2CC(=O)N(C(C)(C)C)C2)ccc1F. The number of anilines is 1. The van der Waals surface area contributed by atoms with Crippen LogP contribution in [0, 0.1) is 18.7 Å². The first-order valence-corrected chi connectivity index (χ1v) is 8.16. The van der Waals surface area contributed by atoms with Gasteiger partial charge in [-0.15, -0.1) is 0 Å². The molecule has 0 saturated carbocycles. The Morgan fingerprint density at radius 1 is 1.42 bits per heavy atom. The van der Waals surface area contributed by atoms with Crippen LogP contribution in [0.25, 0.3) is 0 Å². The molecule has 1 fully saturated rings. The van der Waals surface area contributed by atoms with Gasteiger partial charge in [-0.25, -0.2) is 9.18 Å². The lowest BCUT2D eigenvalue weighted by Gasteiger charge is -2.32. The predicted molar refractivity (Wildman–Crippen MR) is 92.4 cm³/mol. The van der Waals surface area contributed by atoms with Crippen molar-refractivity contribution in [3.8, 4) is 0 Å². The maximum Gasteiger partial charge on any atom is 0.321 e. The molecule has 2 rings (SSSR count). The molecule has 1 heterocycles. The monoisotopic (exact) mass is 335 g/mol. The van der Waals surface area contributed by atoms with Gasteiger partial charge in [0, 0.05) is 43.7 Å². The smallest absolute Gasteiger partial charge is 0.321 e. The molecule has 5 nitrogen and oxygen atoms in total. The summed E-state index contributed by atoms with van der Waals surface area (Å²) in [6.45, 7) is 8.86. The largest absolute Gasteiger partial charge is 0.337 e. The van der Waals surface area contributed by atoms with Crippen molar-refractivity contribution in [3.05, 3.63) is 29.6 Å². The van der Waals surface area contributed by atoms with Crippen molar-refractivity contribution in [2.24, 2.45) is 5.92 Å². The van der Waals surface area contributed by atoms with Crippen LogP contribution >= 0.6 is 0 Å². The Balaban J connectivity index is 1.92. The summed E-state index contributed by atoms with van der Waals surface area (Å²) in [5.41, 5.74) is 0.848. The number of aryl methyl sites for hydroxylation is 1. The van der Waals surface area contributed by atoms with Gasteiger partial charge < -0.3 is 15.1 Å². The molecule has 0 bridgehead atoms.